The zero-order chi connectivity index (χ0) is 15.6. The van der Waals surface area contributed by atoms with Crippen molar-refractivity contribution >= 4 is 9.84 Å². The van der Waals surface area contributed by atoms with E-state index >= 15 is 0 Å². The molecule has 0 bridgehead atoms. The number of nitrogens with one attached hydrogen (secondary N) is 1. The minimum absolute atomic E-state index is 0.371. The fraction of sp³-hybridized carbons (Fsp3) is 0.769. The summed E-state index contributed by atoms with van der Waals surface area (Å²) in [7, 11) is -3.22. The molecule has 0 aliphatic heterocycles. The molecule has 1 atom stereocenters. The second kappa shape index (κ2) is 6.24. The van der Waals surface area contributed by atoms with Gasteiger partial charge in [0.2, 0.25) is 0 Å². The van der Waals surface area contributed by atoms with Gasteiger partial charge in [-0.3, -0.25) is 16.0 Å². The minimum atomic E-state index is -3.22. The highest BCUT2D eigenvalue weighted by Crippen LogP contribution is 2.23. The molecule has 20 heavy (non-hydrogen) atoms. The van der Waals surface area contributed by atoms with Gasteiger partial charge in [0.1, 0.15) is 0 Å². The molecule has 0 spiro atoms. The van der Waals surface area contributed by atoms with Crippen LogP contribution in [0.4, 0.5) is 0 Å². The molecule has 1 aromatic heterocycles. The second-order valence-electron chi connectivity index (χ2n) is 5.60. The van der Waals surface area contributed by atoms with Gasteiger partial charge < -0.3 is 0 Å². The van der Waals surface area contributed by atoms with E-state index in [0.29, 0.717) is 6.42 Å². The first-order chi connectivity index (χ1) is 9.17. The Morgan fingerprint density at radius 3 is 2.45 bits per heavy atom. The highest BCUT2D eigenvalue weighted by atomic mass is 32.2. The summed E-state index contributed by atoms with van der Waals surface area (Å²) in [6.07, 6.45) is 2.62. The Labute approximate surface area is 121 Å². The van der Waals surface area contributed by atoms with Gasteiger partial charge in [-0.25, -0.2) is 8.42 Å². The predicted molar refractivity (Wildman–Crippen MR) is 81.0 cm³/mol. The van der Waals surface area contributed by atoms with Crippen molar-refractivity contribution in [3.8, 4) is 0 Å². The molecule has 1 unspecified atom stereocenters. The summed E-state index contributed by atoms with van der Waals surface area (Å²) >= 11 is 0. The Morgan fingerprint density at radius 2 is 2.05 bits per heavy atom. The van der Waals surface area contributed by atoms with Gasteiger partial charge in [-0.1, -0.05) is 6.92 Å². The van der Waals surface area contributed by atoms with E-state index in [1.165, 1.54) is 6.26 Å². The van der Waals surface area contributed by atoms with Crippen molar-refractivity contribution in [1.82, 2.24) is 15.2 Å². The normalized spacial score (nSPS) is 14.5. The second-order valence-corrected chi connectivity index (χ2v) is 8.19. The largest absolute Gasteiger partial charge is 0.271 e. The van der Waals surface area contributed by atoms with Crippen molar-refractivity contribution in [3.63, 3.8) is 0 Å². The number of aromatic nitrogens is 2. The number of aryl methyl sites for hydroxylation is 2. The Balaban J connectivity index is 3.08. The number of hydrogen-bond acceptors (Lipinski definition) is 5. The first-order valence-corrected chi connectivity index (χ1v) is 8.77. The van der Waals surface area contributed by atoms with Crippen LogP contribution in [0.2, 0.25) is 0 Å². The lowest BCUT2D eigenvalue weighted by atomic mass is 9.98. The lowest BCUT2D eigenvalue weighted by molar-refractivity contribution is 0.403. The van der Waals surface area contributed by atoms with E-state index in [0.717, 1.165) is 24.4 Å². The van der Waals surface area contributed by atoms with Crippen LogP contribution in [-0.4, -0.2) is 35.2 Å². The number of sulfone groups is 1. The fourth-order valence-corrected chi connectivity index (χ4v) is 2.77. The molecule has 1 rings (SSSR count). The third-order valence-electron chi connectivity index (χ3n) is 3.98. The van der Waals surface area contributed by atoms with Crippen molar-refractivity contribution < 1.29 is 8.42 Å². The van der Waals surface area contributed by atoms with Crippen LogP contribution in [0.25, 0.3) is 0 Å². The number of rotatable bonds is 7. The van der Waals surface area contributed by atoms with Gasteiger partial charge in [-0.15, -0.1) is 0 Å². The van der Waals surface area contributed by atoms with Crippen LogP contribution in [0.3, 0.4) is 0 Å². The molecular weight excluding hydrogens is 276 g/mol. The summed E-state index contributed by atoms with van der Waals surface area (Å²) in [4.78, 5) is 0. The van der Waals surface area contributed by atoms with Crippen molar-refractivity contribution in [2.45, 2.75) is 57.9 Å². The first-order valence-electron chi connectivity index (χ1n) is 6.88. The van der Waals surface area contributed by atoms with E-state index in [-0.39, 0.29) is 6.04 Å². The number of hydrazine groups is 1. The van der Waals surface area contributed by atoms with Gasteiger partial charge >= 0.3 is 0 Å². The van der Waals surface area contributed by atoms with Gasteiger partial charge in [0.05, 0.1) is 10.4 Å². The maximum Gasteiger partial charge on any atom is 0.154 e. The Kier molecular flexibility index (Phi) is 5.34. The molecule has 0 saturated heterocycles. The summed E-state index contributed by atoms with van der Waals surface area (Å²) in [5.41, 5.74) is 4.67. The lowest BCUT2D eigenvalue weighted by Gasteiger charge is -2.32. The molecule has 1 aromatic rings. The molecule has 0 saturated carbocycles. The fourth-order valence-electron chi connectivity index (χ4n) is 2.10. The Hall–Kier alpha value is -0.920. The number of nitrogens with zero attached hydrogens (tertiary/aromatic N) is 2. The smallest absolute Gasteiger partial charge is 0.154 e. The molecule has 7 heteroatoms. The molecule has 0 radical (unpaired) electrons. The van der Waals surface area contributed by atoms with Crippen LogP contribution in [-0.2, 0) is 29.2 Å². The predicted octanol–water partition coefficient (Wildman–Crippen LogP) is 0.663. The Bertz CT molecular complexity index is 549. The molecule has 0 amide bonds. The number of nitrogens with two attached hydrogens (primary N) is 1. The third kappa shape index (κ3) is 3.39. The number of hydrogen-bond donors (Lipinski definition) is 2. The summed E-state index contributed by atoms with van der Waals surface area (Å²) < 4.78 is 24.8. The van der Waals surface area contributed by atoms with E-state index in [1.807, 2.05) is 24.6 Å². The van der Waals surface area contributed by atoms with Crippen LogP contribution >= 0.6 is 0 Å². The van der Waals surface area contributed by atoms with Crippen LogP contribution in [0.5, 0.6) is 0 Å². The van der Waals surface area contributed by atoms with Gasteiger partial charge in [0, 0.05) is 31.0 Å². The maximum atomic E-state index is 11.9. The molecule has 0 aliphatic carbocycles. The van der Waals surface area contributed by atoms with Crippen LogP contribution in [0.1, 0.15) is 39.1 Å². The third-order valence-corrected chi connectivity index (χ3v) is 6.18. The van der Waals surface area contributed by atoms with Crippen molar-refractivity contribution in [1.29, 1.82) is 0 Å². The zero-order valence-electron chi connectivity index (χ0n) is 13.0. The SMILES string of the molecule is CCc1cc(CC(NN)C(C)(C)S(C)(=O)=O)n(CC)n1. The maximum absolute atomic E-state index is 11.9. The van der Waals surface area contributed by atoms with Gasteiger partial charge in [-0.2, -0.15) is 5.10 Å². The quantitative estimate of drug-likeness (QED) is 0.570. The zero-order valence-corrected chi connectivity index (χ0v) is 13.8. The first kappa shape index (κ1) is 17.1. The summed E-state index contributed by atoms with van der Waals surface area (Å²) in [6.45, 7) is 8.21. The monoisotopic (exact) mass is 302 g/mol. The average molecular weight is 302 g/mol. The van der Waals surface area contributed by atoms with Crippen LogP contribution < -0.4 is 11.3 Å². The topological polar surface area (TPSA) is 90.0 Å². The average Bonchev–Trinajstić information content (AvgIpc) is 2.76. The van der Waals surface area contributed by atoms with E-state index < -0.39 is 14.6 Å². The highest BCUT2D eigenvalue weighted by molar-refractivity contribution is 7.92. The molecule has 0 aromatic carbocycles. The highest BCUT2D eigenvalue weighted by Gasteiger charge is 2.39. The molecule has 0 aliphatic rings. The molecule has 6 nitrogen and oxygen atoms in total. The lowest BCUT2D eigenvalue weighted by Crippen LogP contribution is -2.55. The van der Waals surface area contributed by atoms with Crippen LogP contribution in [0, 0.1) is 0 Å². The van der Waals surface area contributed by atoms with E-state index in [2.05, 4.69) is 10.5 Å². The summed E-state index contributed by atoms with van der Waals surface area (Å²) in [5, 5.41) is 4.48. The summed E-state index contributed by atoms with van der Waals surface area (Å²) in [5.74, 6) is 5.59. The van der Waals surface area contributed by atoms with Crippen molar-refractivity contribution in [2.24, 2.45) is 5.84 Å². The molecule has 116 valence electrons. The summed E-state index contributed by atoms with van der Waals surface area (Å²) in [6, 6.07) is 1.65. The van der Waals surface area contributed by atoms with Crippen molar-refractivity contribution in [3.05, 3.63) is 17.5 Å². The molecular formula is C13H26N4O2S. The molecule has 0 fully saturated rings. The van der Waals surface area contributed by atoms with Gasteiger partial charge in [0.25, 0.3) is 0 Å². The molecule has 1 heterocycles. The van der Waals surface area contributed by atoms with E-state index in [1.54, 1.807) is 13.8 Å². The van der Waals surface area contributed by atoms with Crippen LogP contribution in [0.15, 0.2) is 6.07 Å². The van der Waals surface area contributed by atoms with E-state index in [9.17, 15) is 8.42 Å². The van der Waals surface area contributed by atoms with Crippen molar-refractivity contribution in [2.75, 3.05) is 6.26 Å². The standard InChI is InChI=1S/C13H26N4O2S/c1-6-10-8-11(17(7-2)16-10)9-12(15-14)13(3,4)20(5,18)19/h8,12,15H,6-7,9,14H2,1-5H3. The Morgan fingerprint density at radius 1 is 1.45 bits per heavy atom. The van der Waals surface area contributed by atoms with E-state index in [4.69, 9.17) is 5.84 Å². The molecule has 3 N–H and O–H groups in total. The minimum Gasteiger partial charge on any atom is -0.271 e. The van der Waals surface area contributed by atoms with Gasteiger partial charge in [0.15, 0.2) is 9.84 Å². The van der Waals surface area contributed by atoms with Gasteiger partial charge in [-0.05, 0) is 33.3 Å².